The van der Waals surface area contributed by atoms with Gasteiger partial charge in [-0.2, -0.15) is 0 Å². The molecule has 112 valence electrons. The molecule has 0 saturated heterocycles. The largest absolute Gasteiger partial charge is 0.491 e. The molecule has 0 radical (unpaired) electrons. The second-order valence-electron chi connectivity index (χ2n) is 5.92. The predicted molar refractivity (Wildman–Crippen MR) is 86.5 cm³/mol. The summed E-state index contributed by atoms with van der Waals surface area (Å²) in [4.78, 5) is 2.30. The normalized spacial score (nSPS) is 16.1. The maximum absolute atomic E-state index is 6.26. The van der Waals surface area contributed by atoms with Crippen LogP contribution in [0.25, 0.3) is 0 Å². The van der Waals surface area contributed by atoms with Crippen LogP contribution in [-0.2, 0) is 0 Å². The SMILES string of the molecule is CCCOc1cccc(N(C)CC2CCCCC2)c1N. The molecule has 1 aliphatic rings. The van der Waals surface area contributed by atoms with Gasteiger partial charge in [0.25, 0.3) is 0 Å². The van der Waals surface area contributed by atoms with E-state index in [1.54, 1.807) is 0 Å². The van der Waals surface area contributed by atoms with E-state index in [0.717, 1.165) is 42.6 Å². The summed E-state index contributed by atoms with van der Waals surface area (Å²) >= 11 is 0. The first-order valence-corrected chi connectivity index (χ1v) is 7.94. The first-order valence-electron chi connectivity index (χ1n) is 7.94. The lowest BCUT2D eigenvalue weighted by Gasteiger charge is -2.29. The minimum atomic E-state index is 0.722. The van der Waals surface area contributed by atoms with Gasteiger partial charge in [-0.3, -0.25) is 0 Å². The topological polar surface area (TPSA) is 38.5 Å². The molecule has 2 rings (SSSR count). The molecule has 0 amide bonds. The summed E-state index contributed by atoms with van der Waals surface area (Å²) in [5, 5.41) is 0. The van der Waals surface area contributed by atoms with Gasteiger partial charge in [-0.15, -0.1) is 0 Å². The number of nitrogens with two attached hydrogens (primary N) is 1. The van der Waals surface area contributed by atoms with Gasteiger partial charge in [0.15, 0.2) is 0 Å². The van der Waals surface area contributed by atoms with E-state index in [2.05, 4.69) is 24.9 Å². The summed E-state index contributed by atoms with van der Waals surface area (Å²) in [5.41, 5.74) is 8.14. The average Bonchev–Trinajstić information content (AvgIpc) is 2.47. The van der Waals surface area contributed by atoms with Crippen molar-refractivity contribution < 1.29 is 4.74 Å². The van der Waals surface area contributed by atoms with E-state index in [-0.39, 0.29) is 0 Å². The Kier molecular flexibility index (Phi) is 5.57. The molecule has 2 N–H and O–H groups in total. The summed E-state index contributed by atoms with van der Waals surface area (Å²) in [5.74, 6) is 1.63. The van der Waals surface area contributed by atoms with Crippen LogP contribution >= 0.6 is 0 Å². The Bertz CT molecular complexity index is 413. The molecular formula is C17H28N2O. The fraction of sp³-hybridized carbons (Fsp3) is 0.647. The molecule has 20 heavy (non-hydrogen) atoms. The van der Waals surface area contributed by atoms with Crippen LogP contribution in [0.4, 0.5) is 11.4 Å². The Balaban J connectivity index is 2.02. The molecule has 1 aromatic carbocycles. The molecule has 0 spiro atoms. The third-order valence-corrected chi connectivity index (χ3v) is 4.17. The van der Waals surface area contributed by atoms with Gasteiger partial charge in [-0.1, -0.05) is 32.3 Å². The first kappa shape index (κ1) is 15.0. The molecule has 0 aliphatic heterocycles. The number of anilines is 2. The van der Waals surface area contributed by atoms with Crippen molar-refractivity contribution in [1.82, 2.24) is 0 Å². The smallest absolute Gasteiger partial charge is 0.144 e. The number of hydrogen-bond donors (Lipinski definition) is 1. The summed E-state index contributed by atoms with van der Waals surface area (Å²) < 4.78 is 5.72. The molecule has 3 nitrogen and oxygen atoms in total. The maximum atomic E-state index is 6.26. The van der Waals surface area contributed by atoms with Crippen molar-refractivity contribution in [3.05, 3.63) is 18.2 Å². The lowest BCUT2D eigenvalue weighted by molar-refractivity contribution is 0.319. The molecule has 3 heteroatoms. The van der Waals surface area contributed by atoms with Crippen LogP contribution < -0.4 is 15.4 Å². The summed E-state index contributed by atoms with van der Waals surface area (Å²) in [6.45, 7) is 3.93. The first-order chi connectivity index (χ1) is 9.72. The van der Waals surface area contributed by atoms with Gasteiger partial charge in [-0.05, 0) is 37.3 Å². The van der Waals surface area contributed by atoms with E-state index < -0.39 is 0 Å². The Hall–Kier alpha value is -1.38. The van der Waals surface area contributed by atoms with E-state index in [0.29, 0.717) is 0 Å². The van der Waals surface area contributed by atoms with E-state index in [1.165, 1.54) is 32.1 Å². The van der Waals surface area contributed by atoms with E-state index in [4.69, 9.17) is 10.5 Å². The molecule has 0 heterocycles. The number of benzene rings is 1. The molecule has 1 aromatic rings. The van der Waals surface area contributed by atoms with Crippen molar-refractivity contribution in [2.75, 3.05) is 30.8 Å². The molecule has 0 unspecified atom stereocenters. The summed E-state index contributed by atoms with van der Waals surface area (Å²) in [6, 6.07) is 6.09. The van der Waals surface area contributed by atoms with Crippen molar-refractivity contribution in [2.45, 2.75) is 45.4 Å². The van der Waals surface area contributed by atoms with Gasteiger partial charge in [0, 0.05) is 13.6 Å². The van der Waals surface area contributed by atoms with Crippen LogP contribution in [0.3, 0.4) is 0 Å². The highest BCUT2D eigenvalue weighted by Crippen LogP contribution is 2.33. The molecule has 1 saturated carbocycles. The van der Waals surface area contributed by atoms with E-state index >= 15 is 0 Å². The highest BCUT2D eigenvalue weighted by Gasteiger charge is 2.17. The van der Waals surface area contributed by atoms with Gasteiger partial charge in [0.1, 0.15) is 5.75 Å². The number of nitrogen functional groups attached to an aromatic ring is 1. The summed E-state index contributed by atoms with van der Waals surface area (Å²) in [7, 11) is 2.14. The van der Waals surface area contributed by atoms with Crippen molar-refractivity contribution in [3.63, 3.8) is 0 Å². The Morgan fingerprint density at radius 3 is 2.70 bits per heavy atom. The average molecular weight is 276 g/mol. The monoisotopic (exact) mass is 276 g/mol. The molecular weight excluding hydrogens is 248 g/mol. The van der Waals surface area contributed by atoms with Gasteiger partial charge in [0.05, 0.1) is 18.0 Å². The third kappa shape index (κ3) is 3.81. The third-order valence-electron chi connectivity index (χ3n) is 4.17. The standard InChI is InChI=1S/C17H28N2O/c1-3-12-20-16-11-7-10-15(17(16)18)19(2)13-14-8-5-4-6-9-14/h7,10-11,14H,3-6,8-9,12-13,18H2,1-2H3. The van der Waals surface area contributed by atoms with Crippen molar-refractivity contribution >= 4 is 11.4 Å². The lowest BCUT2D eigenvalue weighted by Crippen LogP contribution is -2.27. The highest BCUT2D eigenvalue weighted by molar-refractivity contribution is 5.73. The fourth-order valence-electron chi connectivity index (χ4n) is 3.06. The minimum Gasteiger partial charge on any atom is -0.491 e. The van der Waals surface area contributed by atoms with Crippen LogP contribution in [0.2, 0.25) is 0 Å². The van der Waals surface area contributed by atoms with Gasteiger partial charge < -0.3 is 15.4 Å². The Morgan fingerprint density at radius 1 is 1.25 bits per heavy atom. The number of rotatable bonds is 6. The summed E-state index contributed by atoms with van der Waals surface area (Å²) in [6.07, 6.45) is 7.89. The zero-order chi connectivity index (χ0) is 14.4. The maximum Gasteiger partial charge on any atom is 0.144 e. The van der Waals surface area contributed by atoms with E-state index in [1.807, 2.05) is 12.1 Å². The lowest BCUT2D eigenvalue weighted by atomic mass is 9.89. The predicted octanol–water partition coefficient (Wildman–Crippen LogP) is 4.07. The van der Waals surface area contributed by atoms with Crippen LogP contribution in [-0.4, -0.2) is 20.2 Å². The molecule has 0 aromatic heterocycles. The Morgan fingerprint density at radius 2 is 2.00 bits per heavy atom. The van der Waals surface area contributed by atoms with Crippen LogP contribution in [0.15, 0.2) is 18.2 Å². The zero-order valence-corrected chi connectivity index (χ0v) is 12.9. The Labute approximate surface area is 123 Å². The fourth-order valence-corrected chi connectivity index (χ4v) is 3.06. The van der Waals surface area contributed by atoms with Crippen molar-refractivity contribution in [2.24, 2.45) is 5.92 Å². The van der Waals surface area contributed by atoms with Crippen LogP contribution in [0.1, 0.15) is 45.4 Å². The van der Waals surface area contributed by atoms with E-state index in [9.17, 15) is 0 Å². The second kappa shape index (κ2) is 7.41. The second-order valence-corrected chi connectivity index (χ2v) is 5.92. The van der Waals surface area contributed by atoms with Crippen LogP contribution in [0.5, 0.6) is 5.75 Å². The van der Waals surface area contributed by atoms with Gasteiger partial charge in [0.2, 0.25) is 0 Å². The number of ether oxygens (including phenoxy) is 1. The van der Waals surface area contributed by atoms with Crippen LogP contribution in [0, 0.1) is 5.92 Å². The van der Waals surface area contributed by atoms with Gasteiger partial charge in [-0.25, -0.2) is 0 Å². The number of para-hydroxylation sites is 1. The minimum absolute atomic E-state index is 0.722. The molecule has 1 fully saturated rings. The molecule has 1 aliphatic carbocycles. The molecule has 0 bridgehead atoms. The number of nitrogens with zero attached hydrogens (tertiary/aromatic N) is 1. The van der Waals surface area contributed by atoms with Crippen molar-refractivity contribution in [3.8, 4) is 5.75 Å². The number of hydrogen-bond acceptors (Lipinski definition) is 3. The molecule has 0 atom stereocenters. The van der Waals surface area contributed by atoms with Gasteiger partial charge >= 0.3 is 0 Å². The zero-order valence-electron chi connectivity index (χ0n) is 12.9. The van der Waals surface area contributed by atoms with Crippen molar-refractivity contribution in [1.29, 1.82) is 0 Å². The quantitative estimate of drug-likeness (QED) is 0.796. The highest BCUT2D eigenvalue weighted by atomic mass is 16.5.